The highest BCUT2D eigenvalue weighted by molar-refractivity contribution is 5.77. The molecule has 0 fully saturated rings. The van der Waals surface area contributed by atoms with Gasteiger partial charge in [-0.3, -0.25) is 0 Å². The molecule has 1 N–H and O–H groups in total. The standard InChI is InChI=1S/C11H13NO/c1-8(12-2)11-7-9-5-3-4-6-10(9)13-11/h3-8,12H,1-2H3. The Balaban J connectivity index is 2.49. The van der Waals surface area contributed by atoms with Crippen molar-refractivity contribution in [1.29, 1.82) is 0 Å². The maximum absolute atomic E-state index is 5.66. The van der Waals surface area contributed by atoms with Gasteiger partial charge in [0.15, 0.2) is 0 Å². The molecule has 1 aromatic carbocycles. The summed E-state index contributed by atoms with van der Waals surface area (Å²) in [6.07, 6.45) is 0. The molecule has 0 amide bonds. The molecule has 2 rings (SSSR count). The van der Waals surface area contributed by atoms with Crippen molar-refractivity contribution in [2.75, 3.05) is 7.05 Å². The minimum absolute atomic E-state index is 0.271. The van der Waals surface area contributed by atoms with Crippen molar-refractivity contribution in [3.63, 3.8) is 0 Å². The molecule has 0 radical (unpaired) electrons. The molecule has 2 nitrogen and oxygen atoms in total. The highest BCUT2D eigenvalue weighted by Crippen LogP contribution is 2.22. The van der Waals surface area contributed by atoms with Gasteiger partial charge in [-0.05, 0) is 26.1 Å². The molecule has 0 saturated heterocycles. The van der Waals surface area contributed by atoms with Crippen LogP contribution in [0.5, 0.6) is 0 Å². The summed E-state index contributed by atoms with van der Waals surface area (Å²) < 4.78 is 5.66. The quantitative estimate of drug-likeness (QED) is 0.759. The molecule has 0 aliphatic heterocycles. The van der Waals surface area contributed by atoms with Gasteiger partial charge in [-0.25, -0.2) is 0 Å². The van der Waals surface area contributed by atoms with E-state index in [1.54, 1.807) is 0 Å². The zero-order valence-electron chi connectivity index (χ0n) is 7.87. The van der Waals surface area contributed by atoms with Crippen molar-refractivity contribution in [3.8, 4) is 0 Å². The van der Waals surface area contributed by atoms with Crippen molar-refractivity contribution >= 4 is 11.0 Å². The lowest BCUT2D eigenvalue weighted by Gasteiger charge is -2.04. The van der Waals surface area contributed by atoms with Crippen LogP contribution in [0.1, 0.15) is 18.7 Å². The van der Waals surface area contributed by atoms with E-state index in [-0.39, 0.29) is 6.04 Å². The van der Waals surface area contributed by atoms with E-state index in [9.17, 15) is 0 Å². The van der Waals surface area contributed by atoms with E-state index in [1.165, 1.54) is 5.39 Å². The van der Waals surface area contributed by atoms with Crippen LogP contribution in [0.2, 0.25) is 0 Å². The Morgan fingerprint density at radius 3 is 2.77 bits per heavy atom. The number of fused-ring (bicyclic) bond motifs is 1. The van der Waals surface area contributed by atoms with Crippen LogP contribution in [0.15, 0.2) is 34.7 Å². The van der Waals surface area contributed by atoms with Crippen molar-refractivity contribution in [1.82, 2.24) is 5.32 Å². The van der Waals surface area contributed by atoms with Crippen molar-refractivity contribution < 1.29 is 4.42 Å². The molecular weight excluding hydrogens is 162 g/mol. The fourth-order valence-corrected chi connectivity index (χ4v) is 1.36. The summed E-state index contributed by atoms with van der Waals surface area (Å²) in [5, 5.41) is 4.31. The lowest BCUT2D eigenvalue weighted by molar-refractivity contribution is 0.475. The molecule has 0 bridgehead atoms. The predicted molar refractivity (Wildman–Crippen MR) is 53.7 cm³/mol. The van der Waals surface area contributed by atoms with Crippen LogP contribution >= 0.6 is 0 Å². The molecule has 1 unspecified atom stereocenters. The summed E-state index contributed by atoms with van der Waals surface area (Å²) in [6.45, 7) is 2.08. The largest absolute Gasteiger partial charge is 0.459 e. The number of hydrogen-bond donors (Lipinski definition) is 1. The van der Waals surface area contributed by atoms with Crippen LogP contribution in [0, 0.1) is 0 Å². The molecule has 1 heterocycles. The first kappa shape index (κ1) is 8.32. The number of benzene rings is 1. The van der Waals surface area contributed by atoms with Crippen LogP contribution in [-0.2, 0) is 0 Å². The zero-order valence-corrected chi connectivity index (χ0v) is 7.87. The Morgan fingerprint density at radius 2 is 2.08 bits per heavy atom. The van der Waals surface area contributed by atoms with Crippen molar-refractivity contribution in [2.24, 2.45) is 0 Å². The summed E-state index contributed by atoms with van der Waals surface area (Å²) in [6, 6.07) is 10.4. The van der Waals surface area contributed by atoms with Gasteiger partial charge in [-0.2, -0.15) is 0 Å². The van der Waals surface area contributed by atoms with E-state index in [2.05, 4.69) is 24.4 Å². The van der Waals surface area contributed by atoms with Crippen LogP contribution in [-0.4, -0.2) is 7.05 Å². The second-order valence-electron chi connectivity index (χ2n) is 3.20. The van der Waals surface area contributed by atoms with Gasteiger partial charge in [0.1, 0.15) is 11.3 Å². The lowest BCUT2D eigenvalue weighted by Crippen LogP contribution is -2.10. The maximum Gasteiger partial charge on any atom is 0.134 e. The average Bonchev–Trinajstić information content (AvgIpc) is 2.59. The van der Waals surface area contributed by atoms with Crippen LogP contribution in [0.4, 0.5) is 0 Å². The fourth-order valence-electron chi connectivity index (χ4n) is 1.36. The number of nitrogens with one attached hydrogen (secondary N) is 1. The third-order valence-electron chi connectivity index (χ3n) is 2.30. The van der Waals surface area contributed by atoms with Crippen LogP contribution in [0.3, 0.4) is 0 Å². The van der Waals surface area contributed by atoms with Crippen LogP contribution < -0.4 is 5.32 Å². The van der Waals surface area contributed by atoms with Gasteiger partial charge >= 0.3 is 0 Å². The number of hydrogen-bond acceptors (Lipinski definition) is 2. The Labute approximate surface area is 77.6 Å². The summed E-state index contributed by atoms with van der Waals surface area (Å²) in [4.78, 5) is 0. The Morgan fingerprint density at radius 1 is 1.31 bits per heavy atom. The molecule has 13 heavy (non-hydrogen) atoms. The Kier molecular flexibility index (Phi) is 2.07. The summed E-state index contributed by atoms with van der Waals surface area (Å²) in [5.74, 6) is 0.990. The molecule has 1 aromatic heterocycles. The van der Waals surface area contributed by atoms with E-state index in [0.29, 0.717) is 0 Å². The molecule has 0 aliphatic rings. The van der Waals surface area contributed by atoms with Gasteiger partial charge < -0.3 is 9.73 Å². The van der Waals surface area contributed by atoms with Crippen molar-refractivity contribution in [3.05, 3.63) is 36.1 Å². The van der Waals surface area contributed by atoms with Gasteiger partial charge in [-0.1, -0.05) is 18.2 Å². The fraction of sp³-hybridized carbons (Fsp3) is 0.273. The first-order valence-electron chi connectivity index (χ1n) is 4.47. The number of rotatable bonds is 2. The maximum atomic E-state index is 5.66. The third-order valence-corrected chi connectivity index (χ3v) is 2.30. The van der Waals surface area contributed by atoms with E-state index >= 15 is 0 Å². The molecule has 2 aromatic rings. The molecule has 0 aliphatic carbocycles. The lowest BCUT2D eigenvalue weighted by atomic mass is 10.2. The first-order chi connectivity index (χ1) is 6.31. The minimum Gasteiger partial charge on any atom is -0.459 e. The van der Waals surface area contributed by atoms with Gasteiger partial charge in [-0.15, -0.1) is 0 Å². The Bertz CT molecular complexity index is 372. The number of furan rings is 1. The van der Waals surface area contributed by atoms with E-state index in [0.717, 1.165) is 11.3 Å². The molecule has 0 spiro atoms. The SMILES string of the molecule is CNC(C)c1cc2ccccc2o1. The Hall–Kier alpha value is -1.28. The zero-order chi connectivity index (χ0) is 9.26. The van der Waals surface area contributed by atoms with E-state index in [4.69, 9.17) is 4.42 Å². The smallest absolute Gasteiger partial charge is 0.134 e. The monoisotopic (exact) mass is 175 g/mol. The molecule has 0 saturated carbocycles. The van der Waals surface area contributed by atoms with E-state index < -0.39 is 0 Å². The van der Waals surface area contributed by atoms with Gasteiger partial charge in [0, 0.05) is 5.39 Å². The second kappa shape index (κ2) is 3.23. The number of para-hydroxylation sites is 1. The molecular formula is C11H13NO. The molecule has 1 atom stereocenters. The normalized spacial score (nSPS) is 13.4. The highest BCUT2D eigenvalue weighted by atomic mass is 16.3. The first-order valence-corrected chi connectivity index (χ1v) is 4.47. The van der Waals surface area contributed by atoms with Crippen LogP contribution in [0.25, 0.3) is 11.0 Å². The molecule has 68 valence electrons. The highest BCUT2D eigenvalue weighted by Gasteiger charge is 2.08. The minimum atomic E-state index is 0.271. The van der Waals surface area contributed by atoms with Gasteiger partial charge in [0.05, 0.1) is 6.04 Å². The summed E-state index contributed by atoms with van der Waals surface area (Å²) in [7, 11) is 1.93. The van der Waals surface area contributed by atoms with Gasteiger partial charge in [0.25, 0.3) is 0 Å². The predicted octanol–water partition coefficient (Wildman–Crippen LogP) is 2.71. The average molecular weight is 175 g/mol. The molecule has 2 heteroatoms. The third kappa shape index (κ3) is 1.45. The summed E-state index contributed by atoms with van der Waals surface area (Å²) >= 11 is 0. The van der Waals surface area contributed by atoms with E-state index in [1.807, 2.05) is 25.2 Å². The second-order valence-corrected chi connectivity index (χ2v) is 3.20. The van der Waals surface area contributed by atoms with Crippen molar-refractivity contribution in [2.45, 2.75) is 13.0 Å². The topological polar surface area (TPSA) is 25.2 Å². The summed E-state index contributed by atoms with van der Waals surface area (Å²) in [5.41, 5.74) is 0.958. The van der Waals surface area contributed by atoms with Gasteiger partial charge in [0.2, 0.25) is 0 Å².